The molecule has 5 heteroatoms. The van der Waals surface area contributed by atoms with E-state index in [1.165, 1.54) is 19.5 Å². The summed E-state index contributed by atoms with van der Waals surface area (Å²) in [6.07, 6.45) is 4.14. The number of rotatable bonds is 3. The normalized spacial score (nSPS) is 19.3. The van der Waals surface area contributed by atoms with Gasteiger partial charge < -0.3 is 10.2 Å². The zero-order chi connectivity index (χ0) is 11.7. The number of likely N-dealkylation sites (tertiary alicyclic amines) is 1. The third-order valence-electron chi connectivity index (χ3n) is 3.68. The second kappa shape index (κ2) is 4.49. The van der Waals surface area contributed by atoms with Crippen molar-refractivity contribution >= 4 is 5.69 Å². The zero-order valence-corrected chi connectivity index (χ0v) is 9.96. The predicted molar refractivity (Wildman–Crippen MR) is 66.4 cm³/mol. The zero-order valence-electron chi connectivity index (χ0n) is 9.96. The molecular formula is C12H18N4O. The van der Waals surface area contributed by atoms with Crippen LogP contribution in [0.4, 0.5) is 5.69 Å². The second-order valence-electron chi connectivity index (χ2n) is 4.83. The molecule has 1 saturated heterocycles. The number of nitrogens with one attached hydrogen (secondary N) is 2. The van der Waals surface area contributed by atoms with Crippen LogP contribution in [0.25, 0.3) is 0 Å². The highest BCUT2D eigenvalue weighted by Crippen LogP contribution is 2.21. The fourth-order valence-electron chi connectivity index (χ4n) is 2.51. The molecule has 1 aromatic rings. The van der Waals surface area contributed by atoms with Crippen molar-refractivity contribution in [3.8, 4) is 0 Å². The van der Waals surface area contributed by atoms with Gasteiger partial charge in [-0.15, -0.1) is 0 Å². The van der Waals surface area contributed by atoms with Crippen molar-refractivity contribution in [2.75, 3.05) is 31.5 Å². The van der Waals surface area contributed by atoms with Crippen molar-refractivity contribution in [3.63, 3.8) is 0 Å². The lowest BCUT2D eigenvalue weighted by molar-refractivity contribution is 0.183. The summed E-state index contributed by atoms with van der Waals surface area (Å²) in [7, 11) is 0. The van der Waals surface area contributed by atoms with Crippen molar-refractivity contribution in [1.82, 2.24) is 15.1 Å². The fourth-order valence-corrected chi connectivity index (χ4v) is 2.51. The van der Waals surface area contributed by atoms with Crippen LogP contribution in [0.1, 0.15) is 24.1 Å². The summed E-state index contributed by atoms with van der Waals surface area (Å²) >= 11 is 0. The molecule has 17 heavy (non-hydrogen) atoms. The van der Waals surface area contributed by atoms with Gasteiger partial charge in [-0.2, -0.15) is 5.10 Å². The van der Waals surface area contributed by atoms with Gasteiger partial charge in [-0.3, -0.25) is 4.79 Å². The van der Waals surface area contributed by atoms with Gasteiger partial charge in [0.05, 0.1) is 11.4 Å². The summed E-state index contributed by atoms with van der Waals surface area (Å²) in [5.41, 5.74) is 2.89. The lowest BCUT2D eigenvalue weighted by Gasteiger charge is -2.30. The Labute approximate surface area is 100 Å². The van der Waals surface area contributed by atoms with E-state index in [1.807, 2.05) is 0 Å². The maximum absolute atomic E-state index is 11.7. The molecule has 2 aliphatic rings. The number of hydrogen-bond acceptors (Lipinski definition) is 4. The van der Waals surface area contributed by atoms with Crippen LogP contribution in [0.2, 0.25) is 0 Å². The minimum absolute atomic E-state index is 0.0279. The van der Waals surface area contributed by atoms with Gasteiger partial charge in [-0.25, -0.2) is 5.10 Å². The molecule has 3 heterocycles. The van der Waals surface area contributed by atoms with E-state index < -0.39 is 0 Å². The van der Waals surface area contributed by atoms with Crippen LogP contribution in [0.15, 0.2) is 4.79 Å². The van der Waals surface area contributed by atoms with Crippen molar-refractivity contribution in [2.45, 2.75) is 25.7 Å². The van der Waals surface area contributed by atoms with Gasteiger partial charge in [-0.05, 0) is 32.4 Å². The van der Waals surface area contributed by atoms with Gasteiger partial charge in [0.15, 0.2) is 0 Å². The minimum atomic E-state index is -0.0279. The minimum Gasteiger partial charge on any atom is -0.383 e. The Morgan fingerprint density at radius 2 is 2.18 bits per heavy atom. The third kappa shape index (κ3) is 2.07. The fraction of sp³-hybridized carbons (Fsp3) is 0.667. The van der Waals surface area contributed by atoms with E-state index in [-0.39, 0.29) is 5.56 Å². The molecule has 5 nitrogen and oxygen atoms in total. The van der Waals surface area contributed by atoms with Crippen LogP contribution in [0.5, 0.6) is 0 Å². The lowest BCUT2D eigenvalue weighted by atomic mass is 10.0. The molecule has 0 aromatic carbocycles. The first-order valence-electron chi connectivity index (χ1n) is 6.41. The van der Waals surface area contributed by atoms with Crippen LogP contribution in [0, 0.1) is 0 Å². The molecule has 3 rings (SSSR count). The van der Waals surface area contributed by atoms with Crippen LogP contribution < -0.4 is 10.9 Å². The van der Waals surface area contributed by atoms with Gasteiger partial charge in [0.25, 0.3) is 5.56 Å². The molecule has 1 aromatic heterocycles. The second-order valence-corrected chi connectivity index (χ2v) is 4.83. The van der Waals surface area contributed by atoms with E-state index >= 15 is 0 Å². The van der Waals surface area contributed by atoms with Crippen LogP contribution >= 0.6 is 0 Å². The van der Waals surface area contributed by atoms with Crippen molar-refractivity contribution in [1.29, 1.82) is 0 Å². The van der Waals surface area contributed by atoms with Crippen molar-refractivity contribution in [2.24, 2.45) is 0 Å². The first-order valence-corrected chi connectivity index (χ1v) is 6.41. The average molecular weight is 234 g/mol. The molecule has 0 spiro atoms. The van der Waals surface area contributed by atoms with Gasteiger partial charge in [0, 0.05) is 25.1 Å². The number of aromatic nitrogens is 2. The molecule has 92 valence electrons. The summed E-state index contributed by atoms with van der Waals surface area (Å²) in [5.74, 6) is 0. The number of H-pyrrole nitrogens is 1. The maximum atomic E-state index is 11.7. The monoisotopic (exact) mass is 234 g/mol. The largest absolute Gasteiger partial charge is 0.383 e. The molecule has 0 atom stereocenters. The summed E-state index contributed by atoms with van der Waals surface area (Å²) in [4.78, 5) is 14.1. The Bertz CT molecular complexity index is 464. The molecule has 0 saturated carbocycles. The Hall–Kier alpha value is -1.36. The highest BCUT2D eigenvalue weighted by Gasteiger charge is 2.19. The summed E-state index contributed by atoms with van der Waals surface area (Å²) in [5, 5.41) is 10.1. The van der Waals surface area contributed by atoms with E-state index in [4.69, 9.17) is 0 Å². The van der Waals surface area contributed by atoms with E-state index in [2.05, 4.69) is 20.4 Å². The SMILES string of the molecule is O=c1[nH]nc(CCN2CCC2)c2c1CCCN2. The number of anilines is 1. The molecule has 2 aliphatic heterocycles. The Kier molecular flexibility index (Phi) is 2.84. The number of fused-ring (bicyclic) bond motifs is 1. The molecule has 1 fully saturated rings. The molecular weight excluding hydrogens is 216 g/mol. The number of aromatic amines is 1. The van der Waals surface area contributed by atoms with Gasteiger partial charge in [0.2, 0.25) is 0 Å². The standard InChI is InChI=1S/C12H18N4O/c17-12-9-3-1-5-13-11(9)10(14-15-12)4-8-16-6-2-7-16/h13H,1-8H2,(H,15,17). The third-order valence-corrected chi connectivity index (χ3v) is 3.68. The molecule has 2 N–H and O–H groups in total. The molecule has 0 unspecified atom stereocenters. The van der Waals surface area contributed by atoms with Crippen molar-refractivity contribution in [3.05, 3.63) is 21.6 Å². The van der Waals surface area contributed by atoms with Gasteiger partial charge >= 0.3 is 0 Å². The topological polar surface area (TPSA) is 61.0 Å². The highest BCUT2D eigenvalue weighted by atomic mass is 16.1. The first-order chi connectivity index (χ1) is 8.34. The molecule has 0 aliphatic carbocycles. The predicted octanol–water partition coefficient (Wildman–Crippen LogP) is 0.376. The van der Waals surface area contributed by atoms with Crippen molar-refractivity contribution < 1.29 is 0 Å². The van der Waals surface area contributed by atoms with Crippen LogP contribution in [-0.2, 0) is 12.8 Å². The Morgan fingerprint density at radius 1 is 1.29 bits per heavy atom. The summed E-state index contributed by atoms with van der Waals surface area (Å²) in [6, 6.07) is 0. The van der Waals surface area contributed by atoms with Crippen LogP contribution in [0.3, 0.4) is 0 Å². The summed E-state index contributed by atoms with van der Waals surface area (Å²) < 4.78 is 0. The molecule has 0 bridgehead atoms. The Balaban J connectivity index is 1.80. The number of hydrogen-bond donors (Lipinski definition) is 2. The van der Waals surface area contributed by atoms with E-state index in [9.17, 15) is 4.79 Å². The maximum Gasteiger partial charge on any atom is 0.269 e. The first kappa shape index (κ1) is 10.8. The smallest absolute Gasteiger partial charge is 0.269 e. The Morgan fingerprint density at radius 3 is 2.94 bits per heavy atom. The quantitative estimate of drug-likeness (QED) is 0.793. The lowest BCUT2D eigenvalue weighted by Crippen LogP contribution is -2.38. The van der Waals surface area contributed by atoms with E-state index in [0.29, 0.717) is 0 Å². The molecule has 0 radical (unpaired) electrons. The summed E-state index contributed by atoms with van der Waals surface area (Å²) in [6.45, 7) is 4.42. The highest BCUT2D eigenvalue weighted by molar-refractivity contribution is 5.55. The average Bonchev–Trinajstić information content (AvgIpc) is 2.30. The van der Waals surface area contributed by atoms with E-state index in [1.54, 1.807) is 0 Å². The van der Waals surface area contributed by atoms with Crippen LogP contribution in [-0.4, -0.2) is 41.3 Å². The number of nitrogens with zero attached hydrogens (tertiary/aromatic N) is 2. The van der Waals surface area contributed by atoms with E-state index in [0.717, 1.165) is 49.3 Å². The molecule has 0 amide bonds. The van der Waals surface area contributed by atoms with Gasteiger partial charge in [-0.1, -0.05) is 0 Å². The van der Waals surface area contributed by atoms with Gasteiger partial charge in [0.1, 0.15) is 0 Å².